The Morgan fingerprint density at radius 3 is 2.65 bits per heavy atom. The van der Waals surface area contributed by atoms with Crippen molar-refractivity contribution in [1.82, 2.24) is 4.98 Å². The average Bonchev–Trinajstić information content (AvgIpc) is 2.41. The molecule has 1 amide bonds. The number of carbonyl (C=O) groups excluding carboxylic acids is 1. The fraction of sp³-hybridized carbons (Fsp3) is 0.250. The summed E-state index contributed by atoms with van der Waals surface area (Å²) in [6.07, 6.45) is 1.22. The summed E-state index contributed by atoms with van der Waals surface area (Å²) in [6.45, 7) is 3.94. The van der Waals surface area contributed by atoms with Gasteiger partial charge in [0.2, 0.25) is 5.91 Å². The van der Waals surface area contributed by atoms with E-state index in [4.69, 9.17) is 0 Å². The number of halogens is 1. The third-order valence-electron chi connectivity index (χ3n) is 3.21. The third-order valence-corrected chi connectivity index (χ3v) is 3.65. The van der Waals surface area contributed by atoms with E-state index < -0.39 is 0 Å². The van der Waals surface area contributed by atoms with Gasteiger partial charge < -0.3 is 5.32 Å². The Morgan fingerprint density at radius 1 is 1.20 bits per heavy atom. The van der Waals surface area contributed by atoms with Crippen LogP contribution in [0.15, 0.2) is 41.0 Å². The van der Waals surface area contributed by atoms with Gasteiger partial charge in [-0.15, -0.1) is 0 Å². The van der Waals surface area contributed by atoms with Crippen LogP contribution >= 0.6 is 15.9 Å². The number of pyridine rings is 1. The van der Waals surface area contributed by atoms with Gasteiger partial charge in [-0.25, -0.2) is 4.98 Å². The molecule has 0 aliphatic heterocycles. The molecule has 0 unspecified atom stereocenters. The van der Waals surface area contributed by atoms with Crippen molar-refractivity contribution in [3.8, 4) is 0 Å². The second-order valence-electron chi connectivity index (χ2n) is 4.74. The Kier molecular flexibility index (Phi) is 4.90. The summed E-state index contributed by atoms with van der Waals surface area (Å²) in [5.74, 6) is 0.0143. The van der Waals surface area contributed by atoms with Gasteiger partial charge >= 0.3 is 0 Å². The first-order chi connectivity index (χ1) is 9.56. The molecule has 0 spiro atoms. The van der Waals surface area contributed by atoms with Gasteiger partial charge in [-0.1, -0.05) is 24.3 Å². The monoisotopic (exact) mass is 332 g/mol. The van der Waals surface area contributed by atoms with Crippen LogP contribution in [0.4, 0.5) is 5.69 Å². The van der Waals surface area contributed by atoms with Crippen LogP contribution in [-0.2, 0) is 11.2 Å². The summed E-state index contributed by atoms with van der Waals surface area (Å²) in [7, 11) is 0. The van der Waals surface area contributed by atoms with E-state index in [1.165, 1.54) is 11.1 Å². The highest BCUT2D eigenvalue weighted by atomic mass is 79.9. The molecule has 2 aromatic rings. The number of aromatic nitrogens is 1. The minimum absolute atomic E-state index is 0.0143. The largest absolute Gasteiger partial charge is 0.324 e. The molecular weight excluding hydrogens is 316 g/mol. The molecule has 2 rings (SSSR count). The summed E-state index contributed by atoms with van der Waals surface area (Å²) >= 11 is 3.31. The minimum atomic E-state index is 0.0143. The molecule has 1 aromatic carbocycles. The molecule has 4 heteroatoms. The van der Waals surface area contributed by atoms with Gasteiger partial charge in [-0.2, -0.15) is 0 Å². The standard InChI is InChI=1S/C16H17BrN2O/c1-11-5-3-4-6-13(11)7-10-16(20)19-14-8-9-15(17)18-12(14)2/h3-6,8-9H,7,10H2,1-2H3,(H,19,20). The van der Waals surface area contributed by atoms with Crippen molar-refractivity contribution < 1.29 is 4.79 Å². The van der Waals surface area contributed by atoms with Crippen molar-refractivity contribution in [2.24, 2.45) is 0 Å². The number of rotatable bonds is 4. The highest BCUT2D eigenvalue weighted by molar-refractivity contribution is 9.10. The molecule has 0 radical (unpaired) electrons. The predicted molar refractivity (Wildman–Crippen MR) is 84.8 cm³/mol. The maximum absolute atomic E-state index is 12.0. The molecule has 0 saturated heterocycles. The van der Waals surface area contributed by atoms with Crippen molar-refractivity contribution in [2.45, 2.75) is 26.7 Å². The van der Waals surface area contributed by atoms with Crippen LogP contribution < -0.4 is 5.32 Å². The Bertz CT molecular complexity index is 626. The lowest BCUT2D eigenvalue weighted by Crippen LogP contribution is -2.13. The Morgan fingerprint density at radius 2 is 1.95 bits per heavy atom. The van der Waals surface area contributed by atoms with E-state index in [2.05, 4.69) is 45.3 Å². The molecule has 20 heavy (non-hydrogen) atoms. The molecule has 1 aromatic heterocycles. The molecule has 3 nitrogen and oxygen atoms in total. The fourth-order valence-electron chi connectivity index (χ4n) is 2.01. The normalized spacial score (nSPS) is 10.3. The molecule has 1 N–H and O–H groups in total. The van der Waals surface area contributed by atoms with Crippen molar-refractivity contribution in [3.05, 3.63) is 57.8 Å². The second kappa shape index (κ2) is 6.66. The zero-order valence-electron chi connectivity index (χ0n) is 11.6. The highest BCUT2D eigenvalue weighted by Gasteiger charge is 2.07. The number of hydrogen-bond acceptors (Lipinski definition) is 2. The number of aryl methyl sites for hydroxylation is 3. The molecule has 0 aliphatic rings. The van der Waals surface area contributed by atoms with Gasteiger partial charge in [-0.3, -0.25) is 4.79 Å². The molecule has 0 bridgehead atoms. The maximum Gasteiger partial charge on any atom is 0.224 e. The van der Waals surface area contributed by atoms with Gasteiger partial charge in [0.05, 0.1) is 11.4 Å². The summed E-state index contributed by atoms with van der Waals surface area (Å²) in [5.41, 5.74) is 4.02. The van der Waals surface area contributed by atoms with E-state index >= 15 is 0 Å². The SMILES string of the molecule is Cc1ccccc1CCC(=O)Nc1ccc(Br)nc1C. The van der Waals surface area contributed by atoms with Crippen LogP contribution in [0, 0.1) is 13.8 Å². The zero-order valence-corrected chi connectivity index (χ0v) is 13.2. The average molecular weight is 333 g/mol. The van der Waals surface area contributed by atoms with Crippen LogP contribution in [0.25, 0.3) is 0 Å². The van der Waals surface area contributed by atoms with Crippen molar-refractivity contribution in [3.63, 3.8) is 0 Å². The van der Waals surface area contributed by atoms with E-state index in [9.17, 15) is 4.79 Å². The van der Waals surface area contributed by atoms with Crippen LogP contribution in [0.2, 0.25) is 0 Å². The lowest BCUT2D eigenvalue weighted by Gasteiger charge is -2.09. The Hall–Kier alpha value is -1.68. The number of nitrogens with one attached hydrogen (secondary N) is 1. The highest BCUT2D eigenvalue weighted by Crippen LogP contribution is 2.17. The maximum atomic E-state index is 12.0. The summed E-state index contributed by atoms with van der Waals surface area (Å²) < 4.78 is 0.771. The van der Waals surface area contributed by atoms with Crippen LogP contribution in [0.3, 0.4) is 0 Å². The number of hydrogen-bond donors (Lipinski definition) is 1. The summed E-state index contributed by atoms with van der Waals surface area (Å²) in [6, 6.07) is 11.8. The molecule has 0 aliphatic carbocycles. The van der Waals surface area contributed by atoms with E-state index in [1.807, 2.05) is 31.2 Å². The molecule has 104 valence electrons. The van der Waals surface area contributed by atoms with Gasteiger partial charge in [0.1, 0.15) is 4.60 Å². The topological polar surface area (TPSA) is 42.0 Å². The van der Waals surface area contributed by atoms with E-state index in [0.29, 0.717) is 6.42 Å². The van der Waals surface area contributed by atoms with Crippen molar-refractivity contribution >= 4 is 27.5 Å². The third kappa shape index (κ3) is 3.90. The van der Waals surface area contributed by atoms with Crippen LogP contribution in [-0.4, -0.2) is 10.9 Å². The first-order valence-corrected chi connectivity index (χ1v) is 7.33. The molecule has 1 heterocycles. The van der Waals surface area contributed by atoms with Gasteiger partial charge in [0.15, 0.2) is 0 Å². The first kappa shape index (κ1) is 14.7. The van der Waals surface area contributed by atoms with E-state index in [1.54, 1.807) is 0 Å². The number of amides is 1. The molecule has 0 fully saturated rings. The van der Waals surface area contributed by atoms with E-state index in [-0.39, 0.29) is 5.91 Å². The van der Waals surface area contributed by atoms with E-state index in [0.717, 1.165) is 22.4 Å². The zero-order chi connectivity index (χ0) is 14.5. The number of nitrogens with zero attached hydrogens (tertiary/aromatic N) is 1. The minimum Gasteiger partial charge on any atom is -0.324 e. The first-order valence-electron chi connectivity index (χ1n) is 6.54. The number of benzene rings is 1. The van der Waals surface area contributed by atoms with Gasteiger partial charge in [0.25, 0.3) is 0 Å². The second-order valence-corrected chi connectivity index (χ2v) is 5.55. The Balaban J connectivity index is 1.94. The quantitative estimate of drug-likeness (QED) is 0.859. The summed E-state index contributed by atoms with van der Waals surface area (Å²) in [4.78, 5) is 16.2. The van der Waals surface area contributed by atoms with Crippen LogP contribution in [0.1, 0.15) is 23.2 Å². The van der Waals surface area contributed by atoms with Crippen molar-refractivity contribution in [1.29, 1.82) is 0 Å². The summed E-state index contributed by atoms with van der Waals surface area (Å²) in [5, 5.41) is 2.90. The molecular formula is C16H17BrN2O. The van der Waals surface area contributed by atoms with Crippen molar-refractivity contribution in [2.75, 3.05) is 5.32 Å². The smallest absolute Gasteiger partial charge is 0.224 e. The van der Waals surface area contributed by atoms with Crippen LogP contribution in [0.5, 0.6) is 0 Å². The van der Waals surface area contributed by atoms with Gasteiger partial charge in [0, 0.05) is 6.42 Å². The Labute approximate surface area is 127 Å². The lowest BCUT2D eigenvalue weighted by molar-refractivity contribution is -0.116. The fourth-order valence-corrected chi connectivity index (χ4v) is 2.41. The number of anilines is 1. The lowest BCUT2D eigenvalue weighted by atomic mass is 10.0. The molecule has 0 atom stereocenters. The predicted octanol–water partition coefficient (Wildman–Crippen LogP) is 4.03. The molecule has 0 saturated carbocycles. The number of carbonyl (C=O) groups is 1. The van der Waals surface area contributed by atoms with Gasteiger partial charge in [-0.05, 0) is 59.5 Å².